The molecule has 0 atom stereocenters. The van der Waals surface area contributed by atoms with Crippen molar-refractivity contribution in [3.8, 4) is 0 Å². The predicted octanol–water partition coefficient (Wildman–Crippen LogP) is 0.916. The molecule has 0 fully saturated rings. The quantitative estimate of drug-likeness (QED) is 0.716. The van der Waals surface area contributed by atoms with E-state index in [-0.39, 0.29) is 0 Å². The van der Waals surface area contributed by atoms with Gasteiger partial charge in [-0.15, -0.1) is 9.73 Å². The highest BCUT2D eigenvalue weighted by Gasteiger charge is 2.05. The topological polar surface area (TPSA) is 56.2 Å². The van der Waals surface area contributed by atoms with Crippen LogP contribution in [0.3, 0.4) is 0 Å². The Morgan fingerprint density at radius 2 is 2.36 bits per heavy atom. The Hall–Kier alpha value is -0.850. The monoisotopic (exact) mass is 260 g/mol. The Bertz CT molecular complexity index is 394. The van der Waals surface area contributed by atoms with E-state index in [4.69, 9.17) is 5.73 Å². The largest absolute Gasteiger partial charge is 0.381 e. The Kier molecular flexibility index (Phi) is 1.45. The van der Waals surface area contributed by atoms with Gasteiger partial charge in [0.1, 0.15) is 5.52 Å². The number of fused-ring (bicyclic) bond motifs is 1. The maximum Gasteiger partial charge on any atom is 0.161 e. The molecule has 0 saturated heterocycles. The van der Waals surface area contributed by atoms with Gasteiger partial charge in [0.05, 0.1) is 3.57 Å². The van der Waals surface area contributed by atoms with Crippen molar-refractivity contribution in [2.75, 3.05) is 5.73 Å². The summed E-state index contributed by atoms with van der Waals surface area (Å²) < 4.78 is 2.48. The number of rotatable bonds is 0. The first-order valence-corrected chi connectivity index (χ1v) is 4.12. The van der Waals surface area contributed by atoms with Gasteiger partial charge in [0.25, 0.3) is 0 Å². The lowest BCUT2D eigenvalue weighted by Gasteiger charge is -1.86. The van der Waals surface area contributed by atoms with Crippen LogP contribution >= 0.6 is 22.6 Å². The number of hydrogen-bond acceptors (Lipinski definition) is 3. The molecule has 11 heavy (non-hydrogen) atoms. The van der Waals surface area contributed by atoms with Gasteiger partial charge in [0, 0.05) is 6.20 Å². The summed E-state index contributed by atoms with van der Waals surface area (Å²) in [7, 11) is 0. The summed E-state index contributed by atoms with van der Waals surface area (Å²) in [6, 6.07) is 3.79. The molecule has 0 aliphatic carbocycles. The van der Waals surface area contributed by atoms with Crippen LogP contribution in [-0.2, 0) is 0 Å². The Morgan fingerprint density at radius 3 is 3.09 bits per heavy atom. The first kappa shape index (κ1) is 6.84. The Balaban J connectivity index is 2.92. The molecule has 0 aliphatic heterocycles. The van der Waals surface area contributed by atoms with Crippen molar-refractivity contribution in [2.45, 2.75) is 0 Å². The first-order valence-electron chi connectivity index (χ1n) is 3.04. The van der Waals surface area contributed by atoms with Crippen molar-refractivity contribution >= 4 is 33.9 Å². The molecule has 0 amide bonds. The minimum atomic E-state index is 0.532. The van der Waals surface area contributed by atoms with E-state index < -0.39 is 0 Å². The van der Waals surface area contributed by atoms with Gasteiger partial charge in [-0.1, -0.05) is 0 Å². The van der Waals surface area contributed by atoms with Crippen molar-refractivity contribution in [1.82, 2.24) is 14.8 Å². The minimum Gasteiger partial charge on any atom is -0.381 e. The number of aromatic nitrogens is 3. The lowest BCUT2D eigenvalue weighted by atomic mass is 10.4. The van der Waals surface area contributed by atoms with Crippen molar-refractivity contribution in [1.29, 1.82) is 0 Å². The summed E-state index contributed by atoms with van der Waals surface area (Å²) in [5.74, 6) is 0.532. The van der Waals surface area contributed by atoms with E-state index in [0.717, 1.165) is 9.09 Å². The third-order valence-corrected chi connectivity index (χ3v) is 2.49. The molecular formula is C6H5IN4. The van der Waals surface area contributed by atoms with Crippen LogP contribution in [0.5, 0.6) is 0 Å². The fourth-order valence-corrected chi connectivity index (χ4v) is 1.39. The smallest absolute Gasteiger partial charge is 0.161 e. The van der Waals surface area contributed by atoms with Crippen LogP contribution in [0.25, 0.3) is 5.52 Å². The van der Waals surface area contributed by atoms with E-state index >= 15 is 0 Å². The van der Waals surface area contributed by atoms with Crippen LogP contribution in [-0.4, -0.2) is 14.8 Å². The second-order valence-corrected chi connectivity index (χ2v) is 3.18. The molecular weight excluding hydrogens is 255 g/mol. The number of anilines is 1. The average Bonchev–Trinajstić information content (AvgIpc) is 2.30. The average molecular weight is 260 g/mol. The number of nitrogens with zero attached hydrogens (tertiary/aromatic N) is 3. The fraction of sp³-hybridized carbons (Fsp3) is 0. The number of hydrogen-bond donors (Lipinski definition) is 1. The van der Waals surface area contributed by atoms with Gasteiger partial charge >= 0.3 is 0 Å². The molecule has 2 aromatic heterocycles. The van der Waals surface area contributed by atoms with Crippen LogP contribution in [0.4, 0.5) is 5.82 Å². The lowest BCUT2D eigenvalue weighted by molar-refractivity contribution is 0.804. The second kappa shape index (κ2) is 2.33. The van der Waals surface area contributed by atoms with Crippen molar-refractivity contribution in [3.63, 3.8) is 0 Å². The van der Waals surface area contributed by atoms with Gasteiger partial charge in [0.15, 0.2) is 5.82 Å². The van der Waals surface area contributed by atoms with E-state index in [2.05, 4.69) is 32.8 Å². The summed E-state index contributed by atoms with van der Waals surface area (Å²) in [5, 5.41) is 7.97. The maximum absolute atomic E-state index is 5.57. The Morgan fingerprint density at radius 1 is 1.55 bits per heavy atom. The normalized spacial score (nSPS) is 10.6. The first-order chi connectivity index (χ1) is 5.29. The third-order valence-electron chi connectivity index (χ3n) is 1.38. The van der Waals surface area contributed by atoms with Gasteiger partial charge in [0.2, 0.25) is 0 Å². The van der Waals surface area contributed by atoms with E-state index in [1.165, 1.54) is 4.63 Å². The van der Waals surface area contributed by atoms with Crippen molar-refractivity contribution in [3.05, 3.63) is 21.9 Å². The highest BCUT2D eigenvalue weighted by Crippen LogP contribution is 2.17. The van der Waals surface area contributed by atoms with E-state index in [1.807, 2.05) is 12.1 Å². The molecule has 0 spiro atoms. The van der Waals surface area contributed by atoms with Crippen molar-refractivity contribution < 1.29 is 0 Å². The summed E-state index contributed by atoms with van der Waals surface area (Å²) >= 11 is 2.15. The molecule has 2 rings (SSSR count). The van der Waals surface area contributed by atoms with Crippen LogP contribution < -0.4 is 5.73 Å². The summed E-state index contributed by atoms with van der Waals surface area (Å²) in [4.78, 5) is 0. The zero-order chi connectivity index (χ0) is 7.84. The lowest BCUT2D eigenvalue weighted by Crippen LogP contribution is -1.92. The molecule has 0 unspecified atom stereocenters. The predicted molar refractivity (Wildman–Crippen MR) is 50.1 cm³/mol. The zero-order valence-corrected chi connectivity index (χ0v) is 7.69. The van der Waals surface area contributed by atoms with Crippen molar-refractivity contribution in [2.24, 2.45) is 0 Å². The van der Waals surface area contributed by atoms with Crippen LogP contribution in [0, 0.1) is 3.57 Å². The van der Waals surface area contributed by atoms with E-state index in [1.54, 1.807) is 6.20 Å². The molecule has 0 aliphatic rings. The highest BCUT2D eigenvalue weighted by atomic mass is 127. The number of halogens is 1. The summed E-state index contributed by atoms with van der Waals surface area (Å²) in [6.45, 7) is 0. The Labute approximate surface area is 76.5 Å². The van der Waals surface area contributed by atoms with Crippen LogP contribution in [0.15, 0.2) is 18.3 Å². The third kappa shape index (κ3) is 0.953. The molecule has 0 radical (unpaired) electrons. The molecule has 2 aromatic rings. The SMILES string of the molecule is Nc1nn2ncccc2c1I. The van der Waals surface area contributed by atoms with Gasteiger partial charge in [-0.25, -0.2) is 0 Å². The highest BCUT2D eigenvalue weighted by molar-refractivity contribution is 14.1. The van der Waals surface area contributed by atoms with Gasteiger partial charge < -0.3 is 5.73 Å². The molecule has 0 bridgehead atoms. The zero-order valence-electron chi connectivity index (χ0n) is 5.53. The molecule has 2 N–H and O–H groups in total. The van der Waals surface area contributed by atoms with Crippen LogP contribution in [0.2, 0.25) is 0 Å². The standard InChI is InChI=1S/C6H5IN4/c7-5-4-2-1-3-9-11(4)10-6(5)8/h1-3H,(H2,8,10). The molecule has 5 heteroatoms. The minimum absolute atomic E-state index is 0.532. The molecule has 0 saturated carbocycles. The second-order valence-electron chi connectivity index (χ2n) is 2.10. The van der Waals surface area contributed by atoms with Gasteiger partial charge in [-0.2, -0.15) is 5.10 Å². The van der Waals surface area contributed by atoms with E-state index in [9.17, 15) is 0 Å². The number of nitrogens with two attached hydrogens (primary N) is 1. The summed E-state index contributed by atoms with van der Waals surface area (Å²) in [6.07, 6.45) is 1.68. The molecule has 4 nitrogen and oxygen atoms in total. The van der Waals surface area contributed by atoms with Gasteiger partial charge in [-0.3, -0.25) is 0 Å². The number of nitrogen functional groups attached to an aromatic ring is 1. The van der Waals surface area contributed by atoms with E-state index in [0.29, 0.717) is 5.82 Å². The molecule has 56 valence electrons. The maximum atomic E-state index is 5.57. The van der Waals surface area contributed by atoms with Gasteiger partial charge in [-0.05, 0) is 34.7 Å². The molecule has 2 heterocycles. The van der Waals surface area contributed by atoms with Crippen LogP contribution in [0.1, 0.15) is 0 Å². The fourth-order valence-electron chi connectivity index (χ4n) is 0.882. The summed E-state index contributed by atoms with van der Waals surface area (Å²) in [5.41, 5.74) is 6.52. The molecule has 0 aromatic carbocycles.